The Kier molecular flexibility index (Phi) is 3.68. The molecule has 0 unspecified atom stereocenters. The number of carbonyl (C=O) groups is 1. The number of nitrogens with zero attached hydrogens (tertiary/aromatic N) is 1. The number of hydrogen-bond acceptors (Lipinski definition) is 3. The normalized spacial score (nSPS) is 27.3. The molecule has 1 aromatic rings. The molecule has 1 atom stereocenters. The molecule has 1 saturated heterocycles. The van der Waals surface area contributed by atoms with E-state index in [1.54, 1.807) is 7.11 Å². The Labute approximate surface area is 131 Å². The van der Waals surface area contributed by atoms with Gasteiger partial charge < -0.3 is 9.64 Å². The molecular formula is C17H23NO2S. The Hall–Kier alpha value is -1.16. The van der Waals surface area contributed by atoms with Gasteiger partial charge in [-0.3, -0.25) is 4.79 Å². The van der Waals surface area contributed by atoms with Crippen LogP contribution in [-0.2, 0) is 10.2 Å². The molecule has 114 valence electrons. The van der Waals surface area contributed by atoms with E-state index in [9.17, 15) is 4.79 Å². The molecule has 4 heteroatoms. The predicted octanol–water partition coefficient (Wildman–Crippen LogP) is 2.94. The lowest BCUT2D eigenvalue weighted by molar-refractivity contribution is -0.134. The number of benzene rings is 1. The molecule has 2 aliphatic rings. The van der Waals surface area contributed by atoms with Crippen LogP contribution < -0.4 is 4.74 Å². The summed E-state index contributed by atoms with van der Waals surface area (Å²) in [6, 6.07) is 8.05. The highest BCUT2D eigenvalue weighted by Crippen LogP contribution is 2.65. The minimum absolute atomic E-state index is 0.0449. The Morgan fingerprint density at radius 3 is 2.24 bits per heavy atom. The van der Waals surface area contributed by atoms with Crippen LogP contribution in [0.1, 0.15) is 25.8 Å². The van der Waals surface area contributed by atoms with Crippen molar-refractivity contribution in [2.75, 3.05) is 31.7 Å². The van der Waals surface area contributed by atoms with Gasteiger partial charge in [-0.05, 0) is 29.5 Å². The predicted molar refractivity (Wildman–Crippen MR) is 87.0 cm³/mol. The minimum atomic E-state index is -0.332. The molecule has 1 aliphatic heterocycles. The average Bonchev–Trinajstić information content (AvgIpc) is 3.11. The number of amides is 1. The van der Waals surface area contributed by atoms with Crippen molar-refractivity contribution >= 4 is 17.7 Å². The monoisotopic (exact) mass is 305 g/mol. The van der Waals surface area contributed by atoms with Crippen molar-refractivity contribution < 1.29 is 9.53 Å². The molecule has 0 N–H and O–H groups in total. The van der Waals surface area contributed by atoms with Crippen molar-refractivity contribution in [3.63, 3.8) is 0 Å². The van der Waals surface area contributed by atoms with Gasteiger partial charge in [-0.1, -0.05) is 26.0 Å². The highest BCUT2D eigenvalue weighted by molar-refractivity contribution is 7.99. The lowest BCUT2D eigenvalue weighted by atomic mass is 9.86. The Balaban J connectivity index is 1.91. The lowest BCUT2D eigenvalue weighted by Crippen LogP contribution is -2.45. The molecule has 1 aliphatic carbocycles. The average molecular weight is 305 g/mol. The third-order valence-corrected chi connectivity index (χ3v) is 5.93. The molecule has 3 rings (SSSR count). The maximum absolute atomic E-state index is 13.1. The summed E-state index contributed by atoms with van der Waals surface area (Å²) in [7, 11) is 1.67. The quantitative estimate of drug-likeness (QED) is 0.860. The van der Waals surface area contributed by atoms with Crippen molar-refractivity contribution in [1.29, 1.82) is 0 Å². The SMILES string of the molecule is COc1ccc([C@]2(C(=O)N3CCSCC3)CC2(C)C)cc1. The first-order valence-electron chi connectivity index (χ1n) is 7.53. The van der Waals surface area contributed by atoms with Crippen LogP contribution in [0.25, 0.3) is 0 Å². The second kappa shape index (κ2) is 5.24. The summed E-state index contributed by atoms with van der Waals surface area (Å²) in [5.74, 6) is 3.28. The summed E-state index contributed by atoms with van der Waals surface area (Å²) >= 11 is 1.94. The van der Waals surface area contributed by atoms with E-state index in [1.165, 1.54) is 0 Å². The lowest BCUT2D eigenvalue weighted by Gasteiger charge is -2.32. The third kappa shape index (κ3) is 2.33. The fourth-order valence-corrected chi connectivity index (χ4v) is 4.42. The van der Waals surface area contributed by atoms with Gasteiger partial charge >= 0.3 is 0 Å². The van der Waals surface area contributed by atoms with E-state index in [4.69, 9.17) is 4.74 Å². The molecule has 0 radical (unpaired) electrons. The largest absolute Gasteiger partial charge is 0.497 e. The van der Waals surface area contributed by atoms with Crippen molar-refractivity contribution in [3.05, 3.63) is 29.8 Å². The number of ether oxygens (including phenoxy) is 1. The molecule has 1 heterocycles. The summed E-state index contributed by atoms with van der Waals surface area (Å²) in [5, 5.41) is 0. The maximum atomic E-state index is 13.1. The topological polar surface area (TPSA) is 29.5 Å². The molecule has 1 aromatic carbocycles. The summed E-state index contributed by atoms with van der Waals surface area (Å²) in [6.45, 7) is 6.18. The van der Waals surface area contributed by atoms with Crippen LogP contribution in [0.15, 0.2) is 24.3 Å². The van der Waals surface area contributed by atoms with E-state index in [-0.39, 0.29) is 10.8 Å². The van der Waals surface area contributed by atoms with E-state index in [2.05, 4.69) is 30.9 Å². The Morgan fingerprint density at radius 2 is 1.76 bits per heavy atom. The van der Waals surface area contributed by atoms with Gasteiger partial charge in [0.15, 0.2) is 0 Å². The molecule has 0 bridgehead atoms. The fourth-order valence-electron chi connectivity index (χ4n) is 3.51. The summed E-state index contributed by atoms with van der Waals surface area (Å²) in [5.41, 5.74) is 0.849. The van der Waals surface area contributed by atoms with Gasteiger partial charge in [-0.15, -0.1) is 0 Å². The number of rotatable bonds is 3. The van der Waals surface area contributed by atoms with Crippen LogP contribution in [0.3, 0.4) is 0 Å². The zero-order chi connectivity index (χ0) is 15.1. The van der Waals surface area contributed by atoms with Crippen molar-refractivity contribution in [2.24, 2.45) is 5.41 Å². The van der Waals surface area contributed by atoms with Crippen molar-refractivity contribution in [2.45, 2.75) is 25.7 Å². The number of methoxy groups -OCH3 is 1. The van der Waals surface area contributed by atoms with Crippen LogP contribution >= 0.6 is 11.8 Å². The van der Waals surface area contributed by atoms with Crippen molar-refractivity contribution in [3.8, 4) is 5.75 Å². The van der Waals surface area contributed by atoms with Gasteiger partial charge in [0.25, 0.3) is 0 Å². The van der Waals surface area contributed by atoms with E-state index in [0.29, 0.717) is 5.91 Å². The second-order valence-electron chi connectivity index (χ2n) is 6.60. The van der Waals surface area contributed by atoms with E-state index in [1.807, 2.05) is 23.9 Å². The summed E-state index contributed by atoms with van der Waals surface area (Å²) in [6.07, 6.45) is 0.939. The number of hydrogen-bond donors (Lipinski definition) is 0. The van der Waals surface area contributed by atoms with E-state index >= 15 is 0 Å². The molecule has 2 fully saturated rings. The van der Waals surface area contributed by atoms with Crippen LogP contribution in [0.4, 0.5) is 0 Å². The highest BCUT2D eigenvalue weighted by Gasteiger charge is 2.67. The first-order valence-corrected chi connectivity index (χ1v) is 8.68. The first-order chi connectivity index (χ1) is 10.0. The molecular weight excluding hydrogens is 282 g/mol. The van der Waals surface area contributed by atoms with E-state index in [0.717, 1.165) is 42.3 Å². The summed E-state index contributed by atoms with van der Waals surface area (Å²) < 4.78 is 5.23. The third-order valence-electron chi connectivity index (χ3n) is 4.98. The molecule has 1 saturated carbocycles. The number of carbonyl (C=O) groups excluding carboxylic acids is 1. The highest BCUT2D eigenvalue weighted by atomic mass is 32.2. The maximum Gasteiger partial charge on any atom is 0.233 e. The molecule has 0 aromatic heterocycles. The Morgan fingerprint density at radius 1 is 1.19 bits per heavy atom. The van der Waals surface area contributed by atoms with Gasteiger partial charge in [-0.2, -0.15) is 11.8 Å². The second-order valence-corrected chi connectivity index (χ2v) is 7.82. The minimum Gasteiger partial charge on any atom is -0.497 e. The molecule has 1 amide bonds. The summed E-state index contributed by atoms with van der Waals surface area (Å²) in [4.78, 5) is 15.2. The number of thioether (sulfide) groups is 1. The van der Waals surface area contributed by atoms with Gasteiger partial charge in [0.1, 0.15) is 5.75 Å². The standard InChI is InChI=1S/C17H23NO2S/c1-16(2)12-17(16,13-4-6-14(20-3)7-5-13)15(19)18-8-10-21-11-9-18/h4-7H,8-12H2,1-3H3/t17-/m0/s1. The molecule has 0 spiro atoms. The van der Waals surface area contributed by atoms with E-state index < -0.39 is 0 Å². The zero-order valence-corrected chi connectivity index (χ0v) is 13.8. The van der Waals surface area contributed by atoms with Crippen LogP contribution in [0.2, 0.25) is 0 Å². The van der Waals surface area contributed by atoms with Gasteiger partial charge in [0.05, 0.1) is 12.5 Å². The van der Waals surface area contributed by atoms with Gasteiger partial charge in [0, 0.05) is 24.6 Å². The van der Waals surface area contributed by atoms with Crippen LogP contribution in [0.5, 0.6) is 5.75 Å². The molecule has 3 nitrogen and oxygen atoms in total. The fraction of sp³-hybridized carbons (Fsp3) is 0.588. The van der Waals surface area contributed by atoms with Gasteiger partial charge in [0.2, 0.25) is 5.91 Å². The van der Waals surface area contributed by atoms with Crippen LogP contribution in [-0.4, -0.2) is 42.5 Å². The zero-order valence-electron chi connectivity index (χ0n) is 13.0. The smallest absolute Gasteiger partial charge is 0.233 e. The van der Waals surface area contributed by atoms with Crippen molar-refractivity contribution in [1.82, 2.24) is 4.90 Å². The molecule has 21 heavy (non-hydrogen) atoms. The van der Waals surface area contributed by atoms with Gasteiger partial charge in [-0.25, -0.2) is 0 Å². The van der Waals surface area contributed by atoms with Crippen LogP contribution in [0, 0.1) is 5.41 Å². The Bertz CT molecular complexity index is 534. The first kappa shape index (κ1) is 14.8.